The van der Waals surface area contributed by atoms with E-state index in [0.29, 0.717) is 30.0 Å². The average Bonchev–Trinajstić information content (AvgIpc) is 2.76. The van der Waals surface area contributed by atoms with E-state index in [4.69, 9.17) is 0 Å². The van der Waals surface area contributed by atoms with Crippen molar-refractivity contribution in [2.24, 2.45) is 0 Å². The molecule has 106 valence electrons. The van der Waals surface area contributed by atoms with Crippen LogP contribution in [0.1, 0.15) is 6.42 Å². The molecule has 2 heterocycles. The molecule has 1 aliphatic rings. The van der Waals surface area contributed by atoms with Crippen molar-refractivity contribution in [3.8, 4) is 0 Å². The zero-order chi connectivity index (χ0) is 14.0. The highest BCUT2D eigenvalue weighted by Gasteiger charge is 2.27. The van der Waals surface area contributed by atoms with Gasteiger partial charge >= 0.3 is 0 Å². The third-order valence-electron chi connectivity index (χ3n) is 3.51. The van der Waals surface area contributed by atoms with E-state index in [1.54, 1.807) is 22.6 Å². The van der Waals surface area contributed by atoms with Gasteiger partial charge in [-0.05, 0) is 25.1 Å². The summed E-state index contributed by atoms with van der Waals surface area (Å²) in [6.45, 7) is 2.61. The number of nitrogens with one attached hydrogen (secondary N) is 1. The molecule has 0 radical (unpaired) electrons. The Balaban J connectivity index is 2.09. The number of pyridine rings is 1. The van der Waals surface area contributed by atoms with Crippen LogP contribution < -0.4 is 5.32 Å². The summed E-state index contributed by atoms with van der Waals surface area (Å²) < 4.78 is 27.2. The van der Waals surface area contributed by atoms with Crippen LogP contribution in [0.2, 0.25) is 0 Å². The van der Waals surface area contributed by atoms with Crippen molar-refractivity contribution in [2.75, 3.05) is 26.2 Å². The second kappa shape index (κ2) is 5.47. The summed E-state index contributed by atoms with van der Waals surface area (Å²) in [5, 5.41) is 4.06. The molecule has 5 nitrogen and oxygen atoms in total. The van der Waals surface area contributed by atoms with E-state index in [0.717, 1.165) is 18.4 Å². The van der Waals surface area contributed by atoms with Crippen molar-refractivity contribution in [2.45, 2.75) is 11.3 Å². The summed E-state index contributed by atoms with van der Waals surface area (Å²) in [7, 11) is -3.48. The zero-order valence-corrected chi connectivity index (χ0v) is 11.9. The van der Waals surface area contributed by atoms with Crippen molar-refractivity contribution < 1.29 is 8.42 Å². The van der Waals surface area contributed by atoms with Crippen LogP contribution in [-0.4, -0.2) is 43.9 Å². The molecule has 6 heteroatoms. The fourth-order valence-electron chi connectivity index (χ4n) is 2.48. The van der Waals surface area contributed by atoms with Gasteiger partial charge < -0.3 is 5.32 Å². The predicted octanol–water partition coefficient (Wildman–Crippen LogP) is 1.22. The number of para-hydroxylation sites is 1. The van der Waals surface area contributed by atoms with E-state index in [-0.39, 0.29) is 0 Å². The molecule has 1 fully saturated rings. The lowest BCUT2D eigenvalue weighted by atomic mass is 10.2. The minimum atomic E-state index is -3.48. The Morgan fingerprint density at radius 3 is 2.85 bits per heavy atom. The molecule has 1 aromatic carbocycles. The maximum atomic E-state index is 12.8. The van der Waals surface area contributed by atoms with Gasteiger partial charge in [0.25, 0.3) is 0 Å². The van der Waals surface area contributed by atoms with Gasteiger partial charge in [0.1, 0.15) is 4.90 Å². The number of fused-ring (bicyclic) bond motifs is 1. The van der Waals surface area contributed by atoms with Crippen LogP contribution >= 0.6 is 0 Å². The third kappa shape index (κ3) is 2.42. The molecule has 0 aliphatic carbocycles. The van der Waals surface area contributed by atoms with Gasteiger partial charge in [-0.3, -0.25) is 4.98 Å². The Labute approximate surface area is 118 Å². The standard InChI is InChI=1S/C14H17N3O2S/c18-20(19,17-10-3-7-15-9-11-17)13-6-1-4-12-5-2-8-16-14(12)13/h1-2,4-6,8,15H,3,7,9-11H2. The van der Waals surface area contributed by atoms with Crippen molar-refractivity contribution in [1.82, 2.24) is 14.6 Å². The molecular formula is C14H17N3O2S. The number of benzene rings is 1. The van der Waals surface area contributed by atoms with Gasteiger partial charge in [0.2, 0.25) is 10.0 Å². The summed E-state index contributed by atoms with van der Waals surface area (Å²) in [5.41, 5.74) is 0.548. The molecule has 0 spiro atoms. The fourth-order valence-corrected chi connectivity index (χ4v) is 4.13. The third-order valence-corrected chi connectivity index (χ3v) is 5.44. The molecule has 2 aromatic rings. The van der Waals surface area contributed by atoms with E-state index in [9.17, 15) is 8.42 Å². The number of hydrogen-bond donors (Lipinski definition) is 1. The number of nitrogens with zero attached hydrogens (tertiary/aromatic N) is 2. The fraction of sp³-hybridized carbons (Fsp3) is 0.357. The Kier molecular flexibility index (Phi) is 3.69. The van der Waals surface area contributed by atoms with Crippen LogP contribution in [0, 0.1) is 0 Å². The van der Waals surface area contributed by atoms with E-state index >= 15 is 0 Å². The first-order valence-corrected chi connectivity index (χ1v) is 8.18. The molecule has 0 amide bonds. The zero-order valence-electron chi connectivity index (χ0n) is 11.1. The number of rotatable bonds is 2. The normalized spacial score (nSPS) is 18.0. The minimum absolute atomic E-state index is 0.303. The molecule has 1 saturated heterocycles. The van der Waals surface area contributed by atoms with Crippen LogP contribution in [-0.2, 0) is 10.0 Å². The molecule has 1 N–H and O–H groups in total. The van der Waals surface area contributed by atoms with Crippen LogP contribution in [0.25, 0.3) is 10.9 Å². The van der Waals surface area contributed by atoms with Gasteiger partial charge in [-0.15, -0.1) is 0 Å². The van der Waals surface area contributed by atoms with Gasteiger partial charge in [0, 0.05) is 31.2 Å². The van der Waals surface area contributed by atoms with Gasteiger partial charge in [0.05, 0.1) is 5.52 Å². The lowest BCUT2D eigenvalue weighted by Gasteiger charge is -2.20. The summed E-state index contributed by atoms with van der Waals surface area (Å²) in [6.07, 6.45) is 2.46. The van der Waals surface area contributed by atoms with Crippen LogP contribution in [0.5, 0.6) is 0 Å². The molecule has 20 heavy (non-hydrogen) atoms. The molecule has 0 bridgehead atoms. The van der Waals surface area contributed by atoms with Crippen molar-refractivity contribution >= 4 is 20.9 Å². The Morgan fingerprint density at radius 1 is 1.10 bits per heavy atom. The molecule has 3 rings (SSSR count). The maximum Gasteiger partial charge on any atom is 0.245 e. The average molecular weight is 291 g/mol. The topological polar surface area (TPSA) is 62.3 Å². The second-order valence-corrected chi connectivity index (χ2v) is 6.75. The van der Waals surface area contributed by atoms with E-state index in [1.165, 1.54) is 0 Å². The van der Waals surface area contributed by atoms with E-state index < -0.39 is 10.0 Å². The lowest BCUT2D eigenvalue weighted by molar-refractivity contribution is 0.432. The summed E-state index contributed by atoms with van der Waals surface area (Å²) in [6, 6.07) is 8.99. The van der Waals surface area contributed by atoms with Crippen molar-refractivity contribution in [3.63, 3.8) is 0 Å². The van der Waals surface area contributed by atoms with Gasteiger partial charge in [-0.1, -0.05) is 18.2 Å². The van der Waals surface area contributed by atoms with Crippen LogP contribution in [0.15, 0.2) is 41.4 Å². The van der Waals surface area contributed by atoms with Crippen LogP contribution in [0.3, 0.4) is 0 Å². The summed E-state index contributed by atoms with van der Waals surface area (Å²) >= 11 is 0. The highest BCUT2D eigenvalue weighted by Crippen LogP contribution is 2.24. The molecule has 1 aliphatic heterocycles. The van der Waals surface area contributed by atoms with E-state index in [1.807, 2.05) is 18.2 Å². The maximum absolute atomic E-state index is 12.8. The highest BCUT2D eigenvalue weighted by atomic mass is 32.2. The Morgan fingerprint density at radius 2 is 1.95 bits per heavy atom. The molecule has 0 atom stereocenters. The summed E-state index contributed by atoms with van der Waals surface area (Å²) in [5.74, 6) is 0. The van der Waals surface area contributed by atoms with Crippen molar-refractivity contribution in [1.29, 1.82) is 0 Å². The Bertz CT molecular complexity index is 702. The highest BCUT2D eigenvalue weighted by molar-refractivity contribution is 7.89. The van der Waals surface area contributed by atoms with Crippen molar-refractivity contribution in [3.05, 3.63) is 36.5 Å². The largest absolute Gasteiger partial charge is 0.315 e. The lowest BCUT2D eigenvalue weighted by Crippen LogP contribution is -2.34. The molecule has 1 aromatic heterocycles. The monoisotopic (exact) mass is 291 g/mol. The van der Waals surface area contributed by atoms with Gasteiger partial charge in [-0.2, -0.15) is 4.31 Å². The number of aromatic nitrogens is 1. The smallest absolute Gasteiger partial charge is 0.245 e. The number of hydrogen-bond acceptors (Lipinski definition) is 4. The first kappa shape index (κ1) is 13.5. The Hall–Kier alpha value is -1.50. The molecule has 0 saturated carbocycles. The summed E-state index contributed by atoms with van der Waals surface area (Å²) in [4.78, 5) is 4.55. The van der Waals surface area contributed by atoms with Gasteiger partial charge in [0.15, 0.2) is 0 Å². The molecule has 0 unspecified atom stereocenters. The number of sulfonamides is 1. The van der Waals surface area contributed by atoms with Crippen LogP contribution in [0.4, 0.5) is 0 Å². The first-order chi connectivity index (χ1) is 9.69. The SMILES string of the molecule is O=S(=O)(c1cccc2cccnc12)N1CCCNCC1. The first-order valence-electron chi connectivity index (χ1n) is 6.74. The quantitative estimate of drug-likeness (QED) is 0.903. The van der Waals surface area contributed by atoms with Gasteiger partial charge in [-0.25, -0.2) is 8.42 Å². The second-order valence-electron chi connectivity index (χ2n) is 4.84. The predicted molar refractivity (Wildman–Crippen MR) is 78.0 cm³/mol. The van der Waals surface area contributed by atoms with E-state index in [2.05, 4.69) is 10.3 Å². The minimum Gasteiger partial charge on any atom is -0.315 e. The molecular weight excluding hydrogens is 274 g/mol.